The third-order valence-corrected chi connectivity index (χ3v) is 4.84. The lowest BCUT2D eigenvalue weighted by atomic mass is 10.1. The molecule has 3 N–H and O–H groups in total. The molecule has 1 unspecified atom stereocenters. The minimum Gasteiger partial charge on any atom is -0.398 e. The van der Waals surface area contributed by atoms with Crippen LogP contribution in [-0.2, 0) is 10.0 Å². The summed E-state index contributed by atoms with van der Waals surface area (Å²) in [4.78, 5) is 0.120. The van der Waals surface area contributed by atoms with E-state index in [1.807, 2.05) is 0 Å². The Balaban J connectivity index is 2.33. The third kappa shape index (κ3) is 2.43. The number of nitrogen functional groups attached to an aromatic ring is 1. The van der Waals surface area contributed by atoms with Crippen LogP contribution in [0, 0.1) is 0 Å². The zero-order chi connectivity index (χ0) is 12.5. The van der Waals surface area contributed by atoms with Crippen molar-refractivity contribution >= 4 is 15.7 Å². The highest BCUT2D eigenvalue weighted by Gasteiger charge is 2.30. The largest absolute Gasteiger partial charge is 0.398 e. The van der Waals surface area contributed by atoms with Crippen molar-refractivity contribution in [3.05, 3.63) is 24.3 Å². The molecule has 1 heterocycles. The number of sulfonamides is 1. The fourth-order valence-electron chi connectivity index (χ4n) is 1.99. The minimum absolute atomic E-state index is 0.120. The molecule has 1 aromatic rings. The summed E-state index contributed by atoms with van der Waals surface area (Å²) in [5.74, 6) is 0. The number of β-amino-alcohol motifs (C(OH)–C–C–N with tert-alkyl or cyclic N) is 1. The van der Waals surface area contributed by atoms with Crippen LogP contribution in [0.15, 0.2) is 29.2 Å². The summed E-state index contributed by atoms with van der Waals surface area (Å²) in [7, 11) is -3.58. The molecule has 0 aliphatic carbocycles. The predicted molar refractivity (Wildman–Crippen MR) is 64.9 cm³/mol. The first kappa shape index (κ1) is 12.3. The van der Waals surface area contributed by atoms with E-state index in [1.54, 1.807) is 18.2 Å². The quantitative estimate of drug-likeness (QED) is 0.751. The Morgan fingerprint density at radius 3 is 2.71 bits per heavy atom. The van der Waals surface area contributed by atoms with Crippen molar-refractivity contribution in [1.29, 1.82) is 0 Å². The van der Waals surface area contributed by atoms with E-state index in [-0.39, 0.29) is 17.1 Å². The number of anilines is 1. The Labute approximate surface area is 101 Å². The molecule has 0 saturated carbocycles. The summed E-state index contributed by atoms with van der Waals surface area (Å²) in [5.41, 5.74) is 5.92. The Morgan fingerprint density at radius 2 is 2.06 bits per heavy atom. The van der Waals surface area contributed by atoms with Crippen LogP contribution in [0.5, 0.6) is 0 Å². The molecule has 0 amide bonds. The van der Waals surface area contributed by atoms with Gasteiger partial charge in [0.05, 0.1) is 11.8 Å². The van der Waals surface area contributed by atoms with E-state index in [4.69, 9.17) is 5.73 Å². The number of piperidine rings is 1. The van der Waals surface area contributed by atoms with Crippen LogP contribution in [0.25, 0.3) is 0 Å². The molecule has 6 heteroatoms. The smallest absolute Gasteiger partial charge is 0.245 e. The summed E-state index contributed by atoms with van der Waals surface area (Å²) in [6, 6.07) is 6.39. The van der Waals surface area contributed by atoms with Crippen LogP contribution < -0.4 is 5.73 Å². The molecule has 1 aliphatic heterocycles. The molecular weight excluding hydrogens is 240 g/mol. The highest BCUT2D eigenvalue weighted by molar-refractivity contribution is 7.89. The zero-order valence-electron chi connectivity index (χ0n) is 9.41. The number of para-hydroxylation sites is 1. The number of aliphatic hydroxyl groups is 1. The summed E-state index contributed by atoms with van der Waals surface area (Å²) in [6.07, 6.45) is 0.743. The Kier molecular flexibility index (Phi) is 3.37. The fourth-order valence-corrected chi connectivity index (χ4v) is 3.63. The molecule has 94 valence electrons. The van der Waals surface area contributed by atoms with Gasteiger partial charge in [0, 0.05) is 13.1 Å². The molecular formula is C11H16N2O3S. The van der Waals surface area contributed by atoms with E-state index < -0.39 is 16.1 Å². The van der Waals surface area contributed by atoms with E-state index in [2.05, 4.69) is 0 Å². The first-order chi connectivity index (χ1) is 8.01. The number of hydrogen-bond donors (Lipinski definition) is 2. The molecule has 1 aliphatic rings. The van der Waals surface area contributed by atoms with Gasteiger partial charge in [0.1, 0.15) is 4.90 Å². The maximum Gasteiger partial charge on any atom is 0.245 e. The molecule has 1 aromatic carbocycles. The predicted octanol–water partition coefficient (Wildman–Crippen LogP) is 0.414. The molecule has 2 rings (SSSR count). The Bertz CT molecular complexity index is 501. The second kappa shape index (κ2) is 4.64. The summed E-state index contributed by atoms with van der Waals surface area (Å²) >= 11 is 0. The monoisotopic (exact) mass is 256 g/mol. The second-order valence-electron chi connectivity index (χ2n) is 4.20. The van der Waals surface area contributed by atoms with E-state index in [1.165, 1.54) is 10.4 Å². The number of nitrogens with two attached hydrogens (primary N) is 1. The zero-order valence-corrected chi connectivity index (χ0v) is 10.2. The van der Waals surface area contributed by atoms with Gasteiger partial charge in [-0.3, -0.25) is 0 Å². The molecule has 1 fully saturated rings. The van der Waals surface area contributed by atoms with Gasteiger partial charge in [-0.25, -0.2) is 8.42 Å². The highest BCUT2D eigenvalue weighted by atomic mass is 32.2. The van der Waals surface area contributed by atoms with Crippen LogP contribution in [0.1, 0.15) is 12.8 Å². The van der Waals surface area contributed by atoms with Gasteiger partial charge < -0.3 is 10.8 Å². The lowest BCUT2D eigenvalue weighted by molar-refractivity contribution is 0.108. The SMILES string of the molecule is Nc1ccccc1S(=O)(=O)N1CCCC(O)C1. The third-order valence-electron chi connectivity index (χ3n) is 2.90. The van der Waals surface area contributed by atoms with Gasteiger partial charge in [-0.15, -0.1) is 0 Å². The average molecular weight is 256 g/mol. The molecule has 17 heavy (non-hydrogen) atoms. The second-order valence-corrected chi connectivity index (χ2v) is 6.10. The van der Waals surface area contributed by atoms with E-state index in [0.29, 0.717) is 19.4 Å². The highest BCUT2D eigenvalue weighted by Crippen LogP contribution is 2.24. The topological polar surface area (TPSA) is 83.6 Å². The number of hydrogen-bond acceptors (Lipinski definition) is 4. The van der Waals surface area contributed by atoms with Gasteiger partial charge in [0.15, 0.2) is 0 Å². The van der Waals surface area contributed by atoms with Gasteiger partial charge in [-0.2, -0.15) is 4.31 Å². The van der Waals surface area contributed by atoms with Crippen LogP contribution in [0.2, 0.25) is 0 Å². The van der Waals surface area contributed by atoms with Gasteiger partial charge in [-0.1, -0.05) is 12.1 Å². The first-order valence-corrected chi connectivity index (χ1v) is 6.98. The Hall–Kier alpha value is -1.11. The van der Waals surface area contributed by atoms with E-state index in [9.17, 15) is 13.5 Å². The number of rotatable bonds is 2. The van der Waals surface area contributed by atoms with Crippen molar-refractivity contribution in [1.82, 2.24) is 4.31 Å². The maximum atomic E-state index is 12.3. The fraction of sp³-hybridized carbons (Fsp3) is 0.455. The van der Waals surface area contributed by atoms with Crippen LogP contribution in [-0.4, -0.2) is 37.0 Å². The van der Waals surface area contributed by atoms with Crippen molar-refractivity contribution in [3.63, 3.8) is 0 Å². The average Bonchev–Trinajstić information content (AvgIpc) is 2.29. The van der Waals surface area contributed by atoms with Crippen LogP contribution >= 0.6 is 0 Å². The molecule has 1 saturated heterocycles. The van der Waals surface area contributed by atoms with Crippen molar-refractivity contribution < 1.29 is 13.5 Å². The van der Waals surface area contributed by atoms with Gasteiger partial charge >= 0.3 is 0 Å². The molecule has 0 radical (unpaired) electrons. The number of aliphatic hydroxyl groups excluding tert-OH is 1. The first-order valence-electron chi connectivity index (χ1n) is 5.54. The normalized spacial score (nSPS) is 22.5. The molecule has 0 bridgehead atoms. The van der Waals surface area contributed by atoms with E-state index in [0.717, 1.165) is 0 Å². The Morgan fingerprint density at radius 1 is 1.35 bits per heavy atom. The standard InChI is InChI=1S/C11H16N2O3S/c12-10-5-1-2-6-11(10)17(15,16)13-7-3-4-9(14)8-13/h1-2,5-6,9,14H,3-4,7-8,12H2. The molecule has 1 atom stereocenters. The molecule has 0 aromatic heterocycles. The summed E-state index contributed by atoms with van der Waals surface area (Å²) in [6.45, 7) is 0.588. The summed E-state index contributed by atoms with van der Waals surface area (Å²) in [5, 5.41) is 9.52. The van der Waals surface area contributed by atoms with Gasteiger partial charge in [0.2, 0.25) is 10.0 Å². The van der Waals surface area contributed by atoms with Crippen LogP contribution in [0.4, 0.5) is 5.69 Å². The van der Waals surface area contributed by atoms with Crippen molar-refractivity contribution in [3.8, 4) is 0 Å². The number of nitrogens with zero attached hydrogens (tertiary/aromatic N) is 1. The van der Waals surface area contributed by atoms with Crippen molar-refractivity contribution in [2.24, 2.45) is 0 Å². The maximum absolute atomic E-state index is 12.3. The minimum atomic E-state index is -3.58. The van der Waals surface area contributed by atoms with Crippen molar-refractivity contribution in [2.75, 3.05) is 18.8 Å². The summed E-state index contributed by atoms with van der Waals surface area (Å²) < 4.78 is 25.9. The molecule has 0 spiro atoms. The molecule has 5 nitrogen and oxygen atoms in total. The van der Waals surface area contributed by atoms with Gasteiger partial charge in [-0.05, 0) is 25.0 Å². The van der Waals surface area contributed by atoms with Gasteiger partial charge in [0.25, 0.3) is 0 Å². The lowest BCUT2D eigenvalue weighted by Gasteiger charge is -2.29. The lowest BCUT2D eigenvalue weighted by Crippen LogP contribution is -2.42. The van der Waals surface area contributed by atoms with Crippen LogP contribution in [0.3, 0.4) is 0 Å². The van der Waals surface area contributed by atoms with E-state index >= 15 is 0 Å². The number of benzene rings is 1. The van der Waals surface area contributed by atoms with Crippen molar-refractivity contribution in [2.45, 2.75) is 23.8 Å².